The van der Waals surface area contributed by atoms with Gasteiger partial charge in [0.2, 0.25) is 5.91 Å². The van der Waals surface area contributed by atoms with Crippen molar-refractivity contribution >= 4 is 11.6 Å². The van der Waals surface area contributed by atoms with Gasteiger partial charge in [-0.3, -0.25) is 4.79 Å². The number of fused-ring (bicyclic) bond motifs is 2. The van der Waals surface area contributed by atoms with E-state index in [-0.39, 0.29) is 23.5 Å². The number of hydrogen-bond acceptors (Lipinski definition) is 5. The number of carbonyl (C=O) groups excluding carboxylic acids is 1. The van der Waals surface area contributed by atoms with E-state index in [1.165, 1.54) is 24.0 Å². The fourth-order valence-electron chi connectivity index (χ4n) is 6.93. The lowest BCUT2D eigenvalue weighted by molar-refractivity contribution is -0.126. The van der Waals surface area contributed by atoms with Gasteiger partial charge in [-0.15, -0.1) is 0 Å². The molecule has 4 N–H and O–H groups in total. The molecule has 4 atom stereocenters. The van der Waals surface area contributed by atoms with E-state index in [1.807, 2.05) is 30.3 Å². The van der Waals surface area contributed by atoms with Crippen molar-refractivity contribution < 1.29 is 14.6 Å². The number of nitrogens with one attached hydrogen (secondary N) is 3. The zero-order valence-corrected chi connectivity index (χ0v) is 24.1. The van der Waals surface area contributed by atoms with Crippen LogP contribution in [0.25, 0.3) is 0 Å². The maximum Gasteiger partial charge on any atom is 0.225 e. The lowest BCUT2D eigenvalue weighted by Gasteiger charge is -2.41. The Hall–Kier alpha value is -3.35. The van der Waals surface area contributed by atoms with E-state index >= 15 is 0 Å². The molecule has 0 saturated heterocycles. The third kappa shape index (κ3) is 6.29. The second-order valence-electron chi connectivity index (χ2n) is 12.2. The molecule has 41 heavy (non-hydrogen) atoms. The maximum atomic E-state index is 13.5. The minimum absolute atomic E-state index is 0.0131. The first kappa shape index (κ1) is 27.8. The highest BCUT2D eigenvalue weighted by Crippen LogP contribution is 2.47. The molecular formula is C35H43N3O3. The molecule has 3 aromatic rings. The van der Waals surface area contributed by atoms with Gasteiger partial charge in [-0.05, 0) is 73.8 Å². The SMILES string of the molecule is CCc1ccc2c(c1)[C@@H](NC[C@@H](O)[C@H](Cc1ccccc1)NC(=O)[C@H]1CNc3ccccc3C1)CC1(CCCC1)O2. The molecule has 3 aliphatic rings. The Labute approximate surface area is 243 Å². The summed E-state index contributed by atoms with van der Waals surface area (Å²) >= 11 is 0. The van der Waals surface area contributed by atoms with Crippen molar-refractivity contribution in [3.05, 3.63) is 95.1 Å². The summed E-state index contributed by atoms with van der Waals surface area (Å²) in [7, 11) is 0. The van der Waals surface area contributed by atoms with Crippen molar-refractivity contribution in [2.45, 2.75) is 82.1 Å². The van der Waals surface area contributed by atoms with E-state index in [1.54, 1.807) is 0 Å². The quantitative estimate of drug-likeness (QED) is 0.287. The average molecular weight is 554 g/mol. The van der Waals surface area contributed by atoms with E-state index in [2.05, 4.69) is 65.3 Å². The van der Waals surface area contributed by atoms with E-state index in [0.29, 0.717) is 25.9 Å². The highest BCUT2D eigenvalue weighted by atomic mass is 16.5. The summed E-state index contributed by atoms with van der Waals surface area (Å²) in [5.74, 6) is 0.780. The van der Waals surface area contributed by atoms with Crippen molar-refractivity contribution in [3.63, 3.8) is 0 Å². The predicted octanol–water partition coefficient (Wildman–Crippen LogP) is 5.35. The summed E-state index contributed by atoms with van der Waals surface area (Å²) in [5.41, 5.74) is 5.71. The third-order valence-electron chi connectivity index (χ3n) is 9.33. The number of rotatable bonds is 9. The van der Waals surface area contributed by atoms with Gasteiger partial charge in [0.05, 0.1) is 18.1 Å². The number of aliphatic hydroxyl groups is 1. The van der Waals surface area contributed by atoms with Crippen LogP contribution < -0.4 is 20.7 Å². The maximum absolute atomic E-state index is 13.5. The summed E-state index contributed by atoms with van der Waals surface area (Å²) < 4.78 is 6.62. The molecular weight excluding hydrogens is 510 g/mol. The molecule has 2 heterocycles. The fraction of sp³-hybridized carbons (Fsp3) is 0.457. The Balaban J connectivity index is 1.17. The lowest BCUT2D eigenvalue weighted by atomic mass is 9.85. The zero-order valence-electron chi connectivity index (χ0n) is 24.1. The number of carbonyl (C=O) groups is 1. The van der Waals surface area contributed by atoms with Gasteiger partial charge < -0.3 is 25.8 Å². The molecule has 0 bridgehead atoms. The normalized spacial score (nSPS) is 22.1. The molecule has 6 nitrogen and oxygen atoms in total. The topological polar surface area (TPSA) is 82.6 Å². The highest BCUT2D eigenvalue weighted by Gasteiger charge is 2.43. The number of aliphatic hydroxyl groups excluding tert-OH is 1. The number of hydrogen-bond donors (Lipinski definition) is 4. The second-order valence-corrected chi connectivity index (χ2v) is 12.2. The Bertz CT molecular complexity index is 1340. The van der Waals surface area contributed by atoms with E-state index in [0.717, 1.165) is 48.2 Å². The molecule has 216 valence electrons. The number of benzene rings is 3. The van der Waals surface area contributed by atoms with Crippen molar-refractivity contribution in [2.24, 2.45) is 5.92 Å². The molecule has 0 aromatic heterocycles. The molecule has 1 aliphatic carbocycles. The van der Waals surface area contributed by atoms with Crippen LogP contribution in [0.15, 0.2) is 72.8 Å². The smallest absolute Gasteiger partial charge is 0.225 e. The van der Waals surface area contributed by atoms with Crippen LogP contribution in [0.4, 0.5) is 5.69 Å². The zero-order chi connectivity index (χ0) is 28.2. The summed E-state index contributed by atoms with van der Waals surface area (Å²) in [5, 5.41) is 22.0. The molecule has 1 saturated carbocycles. The lowest BCUT2D eigenvalue weighted by Crippen LogP contribution is -2.52. The number of aryl methyl sites for hydroxylation is 1. The Kier molecular flexibility index (Phi) is 8.31. The first-order valence-corrected chi connectivity index (χ1v) is 15.4. The summed E-state index contributed by atoms with van der Waals surface area (Å²) in [6.45, 7) is 3.16. The molecule has 3 aromatic carbocycles. The predicted molar refractivity (Wildman–Crippen MR) is 163 cm³/mol. The van der Waals surface area contributed by atoms with Crippen molar-refractivity contribution in [1.82, 2.24) is 10.6 Å². The number of ether oxygens (including phenoxy) is 1. The van der Waals surface area contributed by atoms with Gasteiger partial charge in [0.15, 0.2) is 0 Å². The number of amides is 1. The first-order valence-electron chi connectivity index (χ1n) is 15.4. The summed E-state index contributed by atoms with van der Waals surface area (Å²) in [4.78, 5) is 13.5. The largest absolute Gasteiger partial charge is 0.487 e. The monoisotopic (exact) mass is 553 g/mol. The van der Waals surface area contributed by atoms with Gasteiger partial charge in [-0.2, -0.15) is 0 Å². The first-order chi connectivity index (χ1) is 20.0. The van der Waals surface area contributed by atoms with E-state index in [9.17, 15) is 9.90 Å². The van der Waals surface area contributed by atoms with Crippen LogP contribution in [0.3, 0.4) is 0 Å². The Morgan fingerprint density at radius 2 is 1.83 bits per heavy atom. The minimum atomic E-state index is -0.747. The van der Waals surface area contributed by atoms with Crippen molar-refractivity contribution in [3.8, 4) is 5.75 Å². The van der Waals surface area contributed by atoms with Crippen LogP contribution in [0.2, 0.25) is 0 Å². The molecule has 1 amide bonds. The minimum Gasteiger partial charge on any atom is -0.487 e. The molecule has 2 aliphatic heterocycles. The molecule has 0 unspecified atom stereocenters. The Morgan fingerprint density at radius 3 is 2.63 bits per heavy atom. The van der Waals surface area contributed by atoms with Crippen LogP contribution in [0.5, 0.6) is 5.75 Å². The molecule has 1 spiro atoms. The van der Waals surface area contributed by atoms with Crippen LogP contribution in [-0.4, -0.2) is 41.9 Å². The second kappa shape index (κ2) is 12.3. The third-order valence-corrected chi connectivity index (χ3v) is 9.33. The van der Waals surface area contributed by atoms with Gasteiger partial charge in [-0.1, -0.05) is 67.6 Å². The van der Waals surface area contributed by atoms with Crippen molar-refractivity contribution in [2.75, 3.05) is 18.4 Å². The molecule has 0 radical (unpaired) electrons. The van der Waals surface area contributed by atoms with E-state index in [4.69, 9.17) is 4.74 Å². The Morgan fingerprint density at radius 1 is 1.05 bits per heavy atom. The number of para-hydroxylation sites is 1. The van der Waals surface area contributed by atoms with Gasteiger partial charge in [0.1, 0.15) is 11.4 Å². The van der Waals surface area contributed by atoms with Gasteiger partial charge >= 0.3 is 0 Å². The van der Waals surface area contributed by atoms with Gasteiger partial charge in [0, 0.05) is 36.8 Å². The van der Waals surface area contributed by atoms with Crippen LogP contribution in [0, 0.1) is 5.92 Å². The summed E-state index contributed by atoms with van der Waals surface area (Å²) in [6, 6.07) is 24.5. The molecule has 1 fully saturated rings. The fourth-order valence-corrected chi connectivity index (χ4v) is 6.93. The van der Waals surface area contributed by atoms with Crippen molar-refractivity contribution in [1.29, 1.82) is 0 Å². The van der Waals surface area contributed by atoms with Crippen LogP contribution >= 0.6 is 0 Å². The molecule has 6 rings (SSSR count). The average Bonchev–Trinajstić information content (AvgIpc) is 3.46. The molecule has 6 heteroatoms. The van der Waals surface area contributed by atoms with E-state index < -0.39 is 12.1 Å². The van der Waals surface area contributed by atoms with Gasteiger partial charge in [0.25, 0.3) is 0 Å². The van der Waals surface area contributed by atoms with Crippen LogP contribution in [0.1, 0.15) is 67.3 Å². The standard InChI is InChI=1S/C35H43N3O3/c1-2-24-14-15-33-28(18-24)31(21-35(41-33)16-8-9-17-35)37-23-32(39)30(19-25-10-4-3-5-11-25)38-34(40)27-20-26-12-6-7-13-29(26)36-22-27/h3-7,10-15,18,27,30-32,36-37,39H,2,8-9,16-17,19-23H2,1H3,(H,38,40)/t27-,30+,31+,32-/m1/s1. The van der Waals surface area contributed by atoms with Gasteiger partial charge in [-0.25, -0.2) is 0 Å². The number of anilines is 1. The van der Waals surface area contributed by atoms with Crippen LogP contribution in [-0.2, 0) is 24.1 Å². The highest BCUT2D eigenvalue weighted by molar-refractivity contribution is 5.81. The summed E-state index contributed by atoms with van der Waals surface area (Å²) in [6.07, 6.45) is 6.95.